The van der Waals surface area contributed by atoms with Gasteiger partial charge in [-0.2, -0.15) is 0 Å². The van der Waals surface area contributed by atoms with Crippen molar-refractivity contribution in [2.24, 2.45) is 17.8 Å². The predicted molar refractivity (Wildman–Crippen MR) is 53.6 cm³/mol. The van der Waals surface area contributed by atoms with Crippen LogP contribution < -0.4 is 0 Å². The lowest BCUT2D eigenvalue weighted by Crippen LogP contribution is -2.23. The van der Waals surface area contributed by atoms with Crippen molar-refractivity contribution in [3.63, 3.8) is 0 Å². The molecule has 0 amide bonds. The van der Waals surface area contributed by atoms with E-state index in [1.807, 2.05) is 0 Å². The standard InChI is InChI=1S/C11H16.CH2/c1-9-5-4-7-10-6-2-3-8-11(9)10;/h2,4-6,9-11H,3,7-8H2,1H3;1H2. The Morgan fingerprint density at radius 2 is 2.00 bits per heavy atom. The third-order valence-electron chi connectivity index (χ3n) is 3.12. The SMILES string of the molecule is CC1C=CCC2C=CCCC12.[CH2]. The molecule has 3 unspecified atom stereocenters. The molecule has 0 nitrogen and oxygen atoms in total. The van der Waals surface area contributed by atoms with E-state index in [1.54, 1.807) is 0 Å². The van der Waals surface area contributed by atoms with Crippen molar-refractivity contribution in [2.75, 3.05) is 0 Å². The molecule has 3 atom stereocenters. The minimum atomic E-state index is 0. The highest BCUT2D eigenvalue weighted by Crippen LogP contribution is 2.37. The van der Waals surface area contributed by atoms with Crippen molar-refractivity contribution >= 4 is 0 Å². The highest BCUT2D eigenvalue weighted by Gasteiger charge is 2.26. The van der Waals surface area contributed by atoms with E-state index in [4.69, 9.17) is 0 Å². The van der Waals surface area contributed by atoms with Gasteiger partial charge in [-0.3, -0.25) is 0 Å². The molecule has 0 spiro atoms. The minimum Gasteiger partial charge on any atom is -0.0882 e. The van der Waals surface area contributed by atoms with Crippen LogP contribution in [0.2, 0.25) is 0 Å². The largest absolute Gasteiger partial charge is 0.0882 e. The van der Waals surface area contributed by atoms with Gasteiger partial charge in [0.15, 0.2) is 0 Å². The van der Waals surface area contributed by atoms with Crippen molar-refractivity contribution in [1.82, 2.24) is 0 Å². The van der Waals surface area contributed by atoms with E-state index in [2.05, 4.69) is 31.2 Å². The molecule has 2 radical (unpaired) electrons. The van der Waals surface area contributed by atoms with Crippen molar-refractivity contribution in [2.45, 2.75) is 26.2 Å². The molecule has 0 N–H and O–H groups in total. The van der Waals surface area contributed by atoms with E-state index in [-0.39, 0.29) is 7.43 Å². The Labute approximate surface area is 76.4 Å². The second kappa shape index (κ2) is 3.93. The lowest BCUT2D eigenvalue weighted by atomic mass is 9.72. The fourth-order valence-corrected chi connectivity index (χ4v) is 2.42. The molecule has 0 bridgehead atoms. The first kappa shape index (κ1) is 9.57. The molecule has 66 valence electrons. The van der Waals surface area contributed by atoms with Gasteiger partial charge in [-0.15, -0.1) is 0 Å². The van der Waals surface area contributed by atoms with Gasteiger partial charge in [0.2, 0.25) is 0 Å². The molecule has 0 aromatic carbocycles. The Balaban J connectivity index is 0.000000720. The molecule has 0 aromatic heterocycles. The first-order valence-electron chi connectivity index (χ1n) is 4.71. The molecular formula is C12H18. The van der Waals surface area contributed by atoms with Crippen LogP contribution in [-0.2, 0) is 0 Å². The third-order valence-corrected chi connectivity index (χ3v) is 3.12. The van der Waals surface area contributed by atoms with Crippen molar-refractivity contribution < 1.29 is 0 Å². The van der Waals surface area contributed by atoms with Crippen LogP contribution >= 0.6 is 0 Å². The van der Waals surface area contributed by atoms with Crippen LogP contribution in [0.1, 0.15) is 26.2 Å². The molecular weight excluding hydrogens is 144 g/mol. The monoisotopic (exact) mass is 162 g/mol. The smallest absolute Gasteiger partial charge is 0.0165 e. The zero-order valence-electron chi connectivity index (χ0n) is 7.87. The van der Waals surface area contributed by atoms with Gasteiger partial charge in [0.25, 0.3) is 0 Å². The van der Waals surface area contributed by atoms with Gasteiger partial charge in [0, 0.05) is 0 Å². The fourth-order valence-electron chi connectivity index (χ4n) is 2.42. The van der Waals surface area contributed by atoms with Gasteiger partial charge in [0.1, 0.15) is 0 Å². The summed E-state index contributed by atoms with van der Waals surface area (Å²) in [5.41, 5.74) is 0. The summed E-state index contributed by atoms with van der Waals surface area (Å²) in [4.78, 5) is 0. The summed E-state index contributed by atoms with van der Waals surface area (Å²) in [6.45, 7) is 2.35. The molecule has 0 fully saturated rings. The second-order valence-electron chi connectivity index (χ2n) is 3.86. The highest BCUT2D eigenvalue weighted by molar-refractivity contribution is 5.08. The summed E-state index contributed by atoms with van der Waals surface area (Å²) in [7, 11) is 0. The van der Waals surface area contributed by atoms with Crippen LogP contribution in [-0.4, -0.2) is 0 Å². The van der Waals surface area contributed by atoms with Crippen LogP contribution in [0.5, 0.6) is 0 Å². The van der Waals surface area contributed by atoms with Gasteiger partial charge < -0.3 is 0 Å². The molecule has 2 aliphatic carbocycles. The van der Waals surface area contributed by atoms with Crippen LogP contribution in [0.25, 0.3) is 0 Å². The van der Waals surface area contributed by atoms with Crippen LogP contribution in [0.3, 0.4) is 0 Å². The van der Waals surface area contributed by atoms with Gasteiger partial charge in [0.05, 0.1) is 0 Å². The quantitative estimate of drug-likeness (QED) is 0.478. The lowest BCUT2D eigenvalue weighted by Gasteiger charge is -2.33. The summed E-state index contributed by atoms with van der Waals surface area (Å²) >= 11 is 0. The maximum atomic E-state index is 2.42. The van der Waals surface area contributed by atoms with E-state index in [0.717, 1.165) is 17.8 Å². The Kier molecular flexibility index (Phi) is 3.13. The summed E-state index contributed by atoms with van der Waals surface area (Å²) in [6.07, 6.45) is 13.5. The molecule has 0 saturated carbocycles. The summed E-state index contributed by atoms with van der Waals surface area (Å²) in [5.74, 6) is 2.63. The van der Waals surface area contributed by atoms with Gasteiger partial charge >= 0.3 is 0 Å². The first-order chi connectivity index (χ1) is 5.38. The van der Waals surface area contributed by atoms with Crippen molar-refractivity contribution in [1.29, 1.82) is 0 Å². The third kappa shape index (κ3) is 1.63. The molecule has 0 heterocycles. The molecule has 0 aromatic rings. The average Bonchev–Trinajstić information content (AvgIpc) is 2.06. The predicted octanol–water partition coefficient (Wildman–Crippen LogP) is 3.49. The zero-order valence-corrected chi connectivity index (χ0v) is 7.87. The summed E-state index contributed by atoms with van der Waals surface area (Å²) in [6, 6.07) is 0. The fraction of sp³-hybridized carbons (Fsp3) is 0.583. The summed E-state index contributed by atoms with van der Waals surface area (Å²) < 4.78 is 0. The molecule has 2 aliphatic rings. The first-order valence-corrected chi connectivity index (χ1v) is 4.71. The Morgan fingerprint density at radius 3 is 2.75 bits per heavy atom. The molecule has 2 rings (SSSR count). The molecule has 0 aliphatic heterocycles. The van der Waals surface area contributed by atoms with Crippen LogP contribution in [0, 0.1) is 25.2 Å². The second-order valence-corrected chi connectivity index (χ2v) is 3.86. The number of rotatable bonds is 0. The number of hydrogen-bond acceptors (Lipinski definition) is 0. The van der Waals surface area contributed by atoms with Gasteiger partial charge in [-0.1, -0.05) is 38.7 Å². The van der Waals surface area contributed by atoms with Gasteiger partial charge in [-0.25, -0.2) is 0 Å². The topological polar surface area (TPSA) is 0 Å². The normalized spacial score (nSPS) is 38.6. The highest BCUT2D eigenvalue weighted by atomic mass is 14.3. The van der Waals surface area contributed by atoms with E-state index in [1.165, 1.54) is 19.3 Å². The molecule has 0 saturated heterocycles. The lowest BCUT2D eigenvalue weighted by molar-refractivity contribution is 0.277. The Hall–Kier alpha value is -0.520. The minimum absolute atomic E-state index is 0. The maximum absolute atomic E-state index is 2.42. The van der Waals surface area contributed by atoms with Crippen LogP contribution in [0.4, 0.5) is 0 Å². The van der Waals surface area contributed by atoms with E-state index in [0.29, 0.717) is 0 Å². The number of fused-ring (bicyclic) bond motifs is 1. The van der Waals surface area contributed by atoms with Crippen molar-refractivity contribution in [3.05, 3.63) is 31.7 Å². The van der Waals surface area contributed by atoms with Crippen LogP contribution in [0.15, 0.2) is 24.3 Å². The van der Waals surface area contributed by atoms with E-state index in [9.17, 15) is 0 Å². The average molecular weight is 162 g/mol. The molecule has 12 heavy (non-hydrogen) atoms. The Bertz CT molecular complexity index is 188. The summed E-state index contributed by atoms with van der Waals surface area (Å²) in [5, 5.41) is 0. The van der Waals surface area contributed by atoms with E-state index < -0.39 is 0 Å². The number of hydrogen-bond donors (Lipinski definition) is 0. The number of allylic oxidation sites excluding steroid dienone is 4. The van der Waals surface area contributed by atoms with Crippen molar-refractivity contribution in [3.8, 4) is 0 Å². The maximum Gasteiger partial charge on any atom is -0.0165 e. The van der Waals surface area contributed by atoms with E-state index >= 15 is 0 Å². The Morgan fingerprint density at radius 1 is 1.17 bits per heavy atom. The molecule has 0 heteroatoms. The zero-order chi connectivity index (χ0) is 7.68. The van der Waals surface area contributed by atoms with Gasteiger partial charge in [-0.05, 0) is 37.0 Å².